The number of nitrogens with one attached hydrogen (secondary N) is 1. The Morgan fingerprint density at radius 3 is 2.67 bits per heavy atom. The van der Waals surface area contributed by atoms with E-state index in [0.717, 1.165) is 33.8 Å². The van der Waals surface area contributed by atoms with Gasteiger partial charge in [0.1, 0.15) is 10.6 Å². The van der Waals surface area contributed by atoms with Gasteiger partial charge in [0.2, 0.25) is 5.78 Å². The second-order valence-corrected chi connectivity index (χ2v) is 8.52. The molecule has 7 heteroatoms. The molecule has 0 saturated carbocycles. The van der Waals surface area contributed by atoms with Crippen molar-refractivity contribution in [1.29, 1.82) is 0 Å². The summed E-state index contributed by atoms with van der Waals surface area (Å²) in [4.78, 5) is 14.7. The van der Waals surface area contributed by atoms with Crippen molar-refractivity contribution in [3.05, 3.63) is 52.5 Å². The van der Waals surface area contributed by atoms with Gasteiger partial charge in [0, 0.05) is 36.0 Å². The molecule has 0 aliphatic rings. The zero-order valence-electron chi connectivity index (χ0n) is 15.8. The fourth-order valence-corrected chi connectivity index (χ4v) is 4.65. The zero-order chi connectivity index (χ0) is 19.4. The Balaban J connectivity index is 1.77. The molecule has 2 aromatic heterocycles. The molecule has 0 radical (unpaired) electrons. The fraction of sp³-hybridized carbons (Fsp3) is 0.350. The number of benzene rings is 1. The largest absolute Gasteiger partial charge is 0.494 e. The lowest BCUT2D eigenvalue weighted by Gasteiger charge is -2.07. The monoisotopic (exact) mass is 404 g/mol. The number of ether oxygens (including phenoxy) is 1. The van der Waals surface area contributed by atoms with Crippen molar-refractivity contribution in [3.8, 4) is 5.75 Å². The Labute approximate surface area is 165 Å². The van der Waals surface area contributed by atoms with Crippen LogP contribution in [0.2, 0.25) is 0 Å². The van der Waals surface area contributed by atoms with Gasteiger partial charge in [-0.15, -0.1) is 11.3 Å². The van der Waals surface area contributed by atoms with Crippen molar-refractivity contribution < 1.29 is 13.7 Å². The number of carbonyl (C=O) groups excluding carboxylic acids is 1. The van der Waals surface area contributed by atoms with Crippen LogP contribution in [0.3, 0.4) is 0 Å². The van der Waals surface area contributed by atoms with Gasteiger partial charge < -0.3 is 9.30 Å². The minimum Gasteiger partial charge on any atom is -0.494 e. The van der Waals surface area contributed by atoms with Gasteiger partial charge in [-0.05, 0) is 56.7 Å². The maximum absolute atomic E-state index is 12.8. The molecular formula is C20H24N2O3S2. The second-order valence-electron chi connectivity index (χ2n) is 6.30. The first-order valence-corrected chi connectivity index (χ1v) is 11.3. The van der Waals surface area contributed by atoms with Crippen LogP contribution in [0.5, 0.6) is 5.75 Å². The number of ketones is 1. The van der Waals surface area contributed by atoms with Crippen LogP contribution in [0.4, 0.5) is 0 Å². The SMILES string of the molecule is CCOc1ccc(C(=O)c2cc3cc(C)n(CCCNS(C)=O)c3s2)cc1. The summed E-state index contributed by atoms with van der Waals surface area (Å²) < 4.78 is 21.7. The summed E-state index contributed by atoms with van der Waals surface area (Å²) in [5.41, 5.74) is 1.84. The quantitative estimate of drug-likeness (QED) is 0.434. The molecule has 144 valence electrons. The summed E-state index contributed by atoms with van der Waals surface area (Å²) in [6.45, 7) is 6.15. The number of aryl methyl sites for hydroxylation is 2. The van der Waals surface area contributed by atoms with Crippen molar-refractivity contribution in [2.24, 2.45) is 0 Å². The number of hydrogen-bond donors (Lipinski definition) is 1. The molecule has 27 heavy (non-hydrogen) atoms. The Morgan fingerprint density at radius 2 is 2.00 bits per heavy atom. The molecular weight excluding hydrogens is 380 g/mol. The fourth-order valence-electron chi connectivity index (χ4n) is 3.03. The van der Waals surface area contributed by atoms with E-state index in [-0.39, 0.29) is 5.78 Å². The third kappa shape index (κ3) is 4.66. The van der Waals surface area contributed by atoms with Gasteiger partial charge in [0.05, 0.1) is 22.5 Å². The van der Waals surface area contributed by atoms with E-state index in [0.29, 0.717) is 18.7 Å². The van der Waals surface area contributed by atoms with E-state index >= 15 is 0 Å². The Bertz CT molecular complexity index is 958. The number of fused-ring (bicyclic) bond motifs is 1. The average Bonchev–Trinajstić information content (AvgIpc) is 3.16. The van der Waals surface area contributed by atoms with E-state index in [4.69, 9.17) is 4.74 Å². The van der Waals surface area contributed by atoms with E-state index in [1.54, 1.807) is 6.26 Å². The highest BCUT2D eigenvalue weighted by Gasteiger charge is 2.16. The number of rotatable bonds is 9. The predicted octanol–water partition coefficient (Wildman–Crippen LogP) is 3.91. The van der Waals surface area contributed by atoms with Crippen molar-refractivity contribution in [3.63, 3.8) is 0 Å². The van der Waals surface area contributed by atoms with Crippen LogP contribution in [0.1, 0.15) is 34.3 Å². The van der Waals surface area contributed by atoms with E-state index in [1.165, 1.54) is 17.0 Å². The lowest BCUT2D eigenvalue weighted by molar-refractivity contribution is 0.104. The minimum atomic E-state index is -0.983. The topological polar surface area (TPSA) is 60.3 Å². The Hall–Kier alpha value is -1.96. The van der Waals surface area contributed by atoms with E-state index in [2.05, 4.69) is 22.3 Å². The molecule has 1 atom stereocenters. The predicted molar refractivity (Wildman–Crippen MR) is 112 cm³/mol. The Morgan fingerprint density at radius 1 is 1.26 bits per heavy atom. The van der Waals surface area contributed by atoms with Crippen LogP contribution in [-0.2, 0) is 17.5 Å². The highest BCUT2D eigenvalue weighted by molar-refractivity contribution is 7.82. The van der Waals surface area contributed by atoms with Crippen LogP contribution in [0.15, 0.2) is 36.4 Å². The molecule has 2 heterocycles. The molecule has 1 N–H and O–H groups in total. The number of carbonyl (C=O) groups is 1. The van der Waals surface area contributed by atoms with Crippen LogP contribution in [-0.4, -0.2) is 34.0 Å². The maximum atomic E-state index is 12.8. The second kappa shape index (κ2) is 8.82. The summed E-state index contributed by atoms with van der Waals surface area (Å²) in [7, 11) is -0.983. The summed E-state index contributed by atoms with van der Waals surface area (Å²) in [5, 5.41) is 1.10. The lowest BCUT2D eigenvalue weighted by atomic mass is 10.1. The highest BCUT2D eigenvalue weighted by Crippen LogP contribution is 2.31. The number of aromatic nitrogens is 1. The van der Waals surface area contributed by atoms with Gasteiger partial charge in [-0.25, -0.2) is 8.93 Å². The standard InChI is InChI=1S/C20H24N2O3S2/c1-4-25-17-8-6-15(7-9-17)19(23)18-13-16-12-14(2)22(20(16)26-18)11-5-10-21-27(3)24/h6-9,12-13,21H,4-5,10-11H2,1-3H3. The van der Waals surface area contributed by atoms with Gasteiger partial charge in [-0.3, -0.25) is 4.79 Å². The number of hydrogen-bond acceptors (Lipinski definition) is 4. The van der Waals surface area contributed by atoms with Crippen molar-refractivity contribution in [2.75, 3.05) is 19.4 Å². The molecule has 3 aromatic rings. The van der Waals surface area contributed by atoms with E-state index < -0.39 is 11.0 Å². The van der Waals surface area contributed by atoms with Crippen LogP contribution in [0.25, 0.3) is 10.2 Å². The third-order valence-electron chi connectivity index (χ3n) is 4.29. The number of thiophene rings is 1. The normalized spacial score (nSPS) is 12.4. The lowest BCUT2D eigenvalue weighted by Crippen LogP contribution is -2.18. The molecule has 1 aromatic carbocycles. The zero-order valence-corrected chi connectivity index (χ0v) is 17.4. The van der Waals surface area contributed by atoms with Crippen LogP contribution >= 0.6 is 11.3 Å². The number of nitrogens with zero attached hydrogens (tertiary/aromatic N) is 1. The van der Waals surface area contributed by atoms with E-state index in [9.17, 15) is 9.00 Å². The molecule has 3 rings (SSSR count). The summed E-state index contributed by atoms with van der Waals surface area (Å²) in [5.74, 6) is 0.806. The minimum absolute atomic E-state index is 0.0338. The molecule has 5 nitrogen and oxygen atoms in total. The summed E-state index contributed by atoms with van der Waals surface area (Å²) in [6, 6.07) is 11.4. The van der Waals surface area contributed by atoms with Crippen molar-refractivity contribution in [1.82, 2.24) is 9.29 Å². The van der Waals surface area contributed by atoms with Gasteiger partial charge in [-0.1, -0.05) is 0 Å². The first-order valence-electron chi connectivity index (χ1n) is 8.93. The molecule has 0 bridgehead atoms. The molecule has 0 amide bonds. The first-order chi connectivity index (χ1) is 13.0. The van der Waals surface area contributed by atoms with E-state index in [1.807, 2.05) is 37.3 Å². The van der Waals surface area contributed by atoms with Crippen LogP contribution < -0.4 is 9.46 Å². The summed E-state index contributed by atoms with van der Waals surface area (Å²) in [6.07, 6.45) is 2.52. The van der Waals surface area contributed by atoms with Gasteiger partial charge in [0.25, 0.3) is 0 Å². The first kappa shape index (κ1) is 19.8. The third-order valence-corrected chi connectivity index (χ3v) is 6.07. The van der Waals surface area contributed by atoms with Crippen molar-refractivity contribution >= 4 is 38.3 Å². The molecule has 0 aliphatic heterocycles. The Kier molecular flexibility index (Phi) is 6.46. The van der Waals surface area contributed by atoms with Gasteiger partial charge in [-0.2, -0.15) is 0 Å². The average molecular weight is 405 g/mol. The smallest absolute Gasteiger partial charge is 0.203 e. The van der Waals surface area contributed by atoms with Gasteiger partial charge >= 0.3 is 0 Å². The molecule has 0 fully saturated rings. The summed E-state index contributed by atoms with van der Waals surface area (Å²) >= 11 is 1.53. The molecule has 0 spiro atoms. The maximum Gasteiger partial charge on any atom is 0.203 e. The van der Waals surface area contributed by atoms with Crippen LogP contribution in [0, 0.1) is 6.92 Å². The molecule has 0 aliphatic carbocycles. The molecule has 1 unspecified atom stereocenters. The van der Waals surface area contributed by atoms with Crippen molar-refractivity contribution in [2.45, 2.75) is 26.8 Å². The highest BCUT2D eigenvalue weighted by atomic mass is 32.2. The molecule has 0 saturated heterocycles. The van der Waals surface area contributed by atoms with Gasteiger partial charge in [0.15, 0.2) is 0 Å².